The summed E-state index contributed by atoms with van der Waals surface area (Å²) in [5.74, 6) is -1.30. The molecule has 0 aliphatic heterocycles. The molecule has 2 aromatic rings. The van der Waals surface area contributed by atoms with Crippen molar-refractivity contribution in [2.75, 3.05) is 26.4 Å². The van der Waals surface area contributed by atoms with Gasteiger partial charge in [-0.1, -0.05) is 62.2 Å². The average Bonchev–Trinajstić information content (AvgIpc) is 2.77. The minimum atomic E-state index is -3.61. The maximum Gasteiger partial charge on any atom is 0.247 e. The lowest BCUT2D eigenvalue weighted by atomic mass is 10.0. The van der Waals surface area contributed by atoms with Crippen molar-refractivity contribution < 1.29 is 22.4 Å². The molecule has 0 saturated heterocycles. The number of amides is 2. The highest BCUT2D eigenvalue weighted by atomic mass is 32.2. The first-order chi connectivity index (χ1) is 15.6. The van der Waals surface area contributed by atoms with Crippen LogP contribution in [0.3, 0.4) is 0 Å². The zero-order valence-electron chi connectivity index (χ0n) is 19.3. The van der Waals surface area contributed by atoms with Crippen LogP contribution >= 0.6 is 0 Å². The van der Waals surface area contributed by atoms with E-state index in [0.29, 0.717) is 17.7 Å². The third kappa shape index (κ3) is 8.25. The summed E-state index contributed by atoms with van der Waals surface area (Å²) in [4.78, 5) is 28.0. The predicted molar refractivity (Wildman–Crippen MR) is 126 cm³/mol. The average molecular weight is 478 g/mol. The smallest absolute Gasteiger partial charge is 0.247 e. The molecule has 0 heterocycles. The number of carbonyl (C=O) groups is 2. The van der Waals surface area contributed by atoms with E-state index in [9.17, 15) is 22.4 Å². The van der Waals surface area contributed by atoms with Gasteiger partial charge < -0.3 is 10.2 Å². The van der Waals surface area contributed by atoms with Gasteiger partial charge in [0.05, 0.1) is 12.8 Å². The van der Waals surface area contributed by atoms with Crippen molar-refractivity contribution in [1.29, 1.82) is 0 Å². The van der Waals surface area contributed by atoms with Gasteiger partial charge in [0.1, 0.15) is 11.9 Å². The highest BCUT2D eigenvalue weighted by molar-refractivity contribution is 7.88. The third-order valence-electron chi connectivity index (χ3n) is 5.27. The van der Waals surface area contributed by atoms with Crippen LogP contribution in [0.25, 0.3) is 0 Å². The van der Waals surface area contributed by atoms with Crippen LogP contribution < -0.4 is 5.32 Å². The van der Waals surface area contributed by atoms with Gasteiger partial charge in [-0.2, -0.15) is 4.31 Å². The van der Waals surface area contributed by atoms with Crippen LogP contribution in [0.1, 0.15) is 43.4 Å². The standard InChI is InChI=1S/C24H32FN3O4S/c1-4-5-9-16-26-24(30)23(20-10-7-6-8-11-20)28(17-19-12-14-21(25)15-13-19)22(29)18-27(2)33(3,31)32/h6-8,10-15,23H,4-5,9,16-18H2,1-3H3,(H,26,30)/t23-/m0/s1. The Bertz CT molecular complexity index is 1010. The molecule has 1 N–H and O–H groups in total. The van der Waals surface area contributed by atoms with Gasteiger partial charge in [-0.05, 0) is 29.7 Å². The topological polar surface area (TPSA) is 86.8 Å². The van der Waals surface area contributed by atoms with Crippen LogP contribution in [0.5, 0.6) is 0 Å². The van der Waals surface area contributed by atoms with E-state index in [4.69, 9.17) is 0 Å². The number of nitrogens with zero attached hydrogens (tertiary/aromatic N) is 2. The van der Waals surface area contributed by atoms with E-state index in [1.165, 1.54) is 36.2 Å². The highest BCUT2D eigenvalue weighted by Crippen LogP contribution is 2.24. The van der Waals surface area contributed by atoms with Crippen LogP contribution in [0.4, 0.5) is 4.39 Å². The van der Waals surface area contributed by atoms with Crippen LogP contribution in [0.2, 0.25) is 0 Å². The molecule has 1 atom stereocenters. The van der Waals surface area contributed by atoms with Crippen molar-refractivity contribution in [3.8, 4) is 0 Å². The van der Waals surface area contributed by atoms with Gasteiger partial charge in [0.25, 0.3) is 0 Å². The van der Waals surface area contributed by atoms with Gasteiger partial charge >= 0.3 is 0 Å². The quantitative estimate of drug-likeness (QED) is 0.476. The van der Waals surface area contributed by atoms with Gasteiger partial charge in [0, 0.05) is 20.1 Å². The molecule has 0 aliphatic rings. The zero-order chi connectivity index (χ0) is 24.4. The molecule has 7 nitrogen and oxygen atoms in total. The van der Waals surface area contributed by atoms with Crippen molar-refractivity contribution in [2.45, 2.75) is 38.8 Å². The molecule has 9 heteroatoms. The molecule has 2 aromatic carbocycles. The van der Waals surface area contributed by atoms with Crippen molar-refractivity contribution in [3.63, 3.8) is 0 Å². The number of rotatable bonds is 12. The number of hydrogen-bond acceptors (Lipinski definition) is 4. The van der Waals surface area contributed by atoms with Gasteiger partial charge in [-0.15, -0.1) is 0 Å². The molecular formula is C24H32FN3O4S. The number of nitrogens with one attached hydrogen (secondary N) is 1. The minimum absolute atomic E-state index is 0.0126. The first-order valence-electron chi connectivity index (χ1n) is 10.9. The summed E-state index contributed by atoms with van der Waals surface area (Å²) < 4.78 is 38.2. The van der Waals surface area contributed by atoms with Gasteiger partial charge in [0.2, 0.25) is 21.8 Å². The lowest BCUT2D eigenvalue weighted by Crippen LogP contribution is -2.47. The fraction of sp³-hybridized carbons (Fsp3) is 0.417. The summed E-state index contributed by atoms with van der Waals surface area (Å²) in [7, 11) is -2.29. The largest absolute Gasteiger partial charge is 0.354 e. The summed E-state index contributed by atoms with van der Waals surface area (Å²) >= 11 is 0. The molecule has 2 amide bonds. The minimum Gasteiger partial charge on any atom is -0.354 e. The molecule has 0 radical (unpaired) electrons. The van der Waals surface area contributed by atoms with E-state index in [1.54, 1.807) is 24.3 Å². The number of unbranched alkanes of at least 4 members (excludes halogenated alkanes) is 2. The number of halogens is 1. The molecule has 0 unspecified atom stereocenters. The van der Waals surface area contributed by atoms with Crippen molar-refractivity contribution in [1.82, 2.24) is 14.5 Å². The van der Waals surface area contributed by atoms with Gasteiger partial charge in [-0.3, -0.25) is 9.59 Å². The molecule has 0 bridgehead atoms. The fourth-order valence-corrected chi connectivity index (χ4v) is 3.64. The first kappa shape index (κ1) is 26.5. The molecule has 0 fully saturated rings. The second kappa shape index (κ2) is 12.5. The lowest BCUT2D eigenvalue weighted by Gasteiger charge is -2.32. The number of sulfonamides is 1. The number of carbonyl (C=O) groups excluding carboxylic acids is 2. The molecule has 0 aliphatic carbocycles. The molecule has 180 valence electrons. The summed E-state index contributed by atoms with van der Waals surface area (Å²) in [5.41, 5.74) is 1.22. The molecule has 0 aromatic heterocycles. The number of hydrogen-bond donors (Lipinski definition) is 1. The second-order valence-electron chi connectivity index (χ2n) is 7.98. The lowest BCUT2D eigenvalue weighted by molar-refractivity contribution is -0.141. The maximum absolute atomic E-state index is 13.4. The molecular weight excluding hydrogens is 445 g/mol. The van der Waals surface area contributed by atoms with E-state index in [0.717, 1.165) is 29.8 Å². The third-order valence-corrected chi connectivity index (χ3v) is 6.53. The Balaban J connectivity index is 2.42. The van der Waals surface area contributed by atoms with Crippen molar-refractivity contribution in [2.24, 2.45) is 0 Å². The van der Waals surface area contributed by atoms with Crippen molar-refractivity contribution >= 4 is 21.8 Å². The normalized spacial score (nSPS) is 12.4. The Morgan fingerprint density at radius 2 is 1.67 bits per heavy atom. The van der Waals surface area contributed by atoms with E-state index in [1.807, 2.05) is 6.07 Å². The zero-order valence-corrected chi connectivity index (χ0v) is 20.1. The summed E-state index contributed by atoms with van der Waals surface area (Å²) in [5, 5.41) is 2.91. The summed E-state index contributed by atoms with van der Waals surface area (Å²) in [6.45, 7) is 2.12. The SMILES string of the molecule is CCCCCNC(=O)[C@H](c1ccccc1)N(Cc1ccc(F)cc1)C(=O)CN(C)S(C)(=O)=O. The Morgan fingerprint density at radius 3 is 2.24 bits per heavy atom. The van der Waals surface area contributed by atoms with Gasteiger partial charge in [0.15, 0.2) is 0 Å². The first-order valence-corrected chi connectivity index (χ1v) is 12.8. The van der Waals surface area contributed by atoms with E-state index in [-0.39, 0.29) is 12.5 Å². The Hall–Kier alpha value is -2.78. The fourth-order valence-electron chi connectivity index (χ4n) is 3.30. The van der Waals surface area contributed by atoms with E-state index < -0.39 is 34.3 Å². The van der Waals surface area contributed by atoms with Crippen molar-refractivity contribution in [3.05, 3.63) is 71.5 Å². The van der Waals surface area contributed by atoms with E-state index in [2.05, 4.69) is 12.2 Å². The van der Waals surface area contributed by atoms with Crippen LogP contribution in [0, 0.1) is 5.82 Å². The van der Waals surface area contributed by atoms with Gasteiger partial charge in [-0.25, -0.2) is 12.8 Å². The van der Waals surface area contributed by atoms with Crippen LogP contribution in [0.15, 0.2) is 54.6 Å². The van der Waals surface area contributed by atoms with E-state index >= 15 is 0 Å². The molecule has 33 heavy (non-hydrogen) atoms. The van der Waals surface area contributed by atoms with Crippen LogP contribution in [-0.2, 0) is 26.2 Å². The maximum atomic E-state index is 13.4. The summed E-state index contributed by atoms with van der Waals surface area (Å²) in [6, 6.07) is 13.5. The number of benzene rings is 2. The highest BCUT2D eigenvalue weighted by Gasteiger charge is 2.32. The Morgan fingerprint density at radius 1 is 1.03 bits per heavy atom. The Labute approximate surface area is 195 Å². The molecule has 0 saturated carbocycles. The monoisotopic (exact) mass is 477 g/mol. The number of likely N-dealkylation sites (N-methyl/N-ethyl adjacent to an activating group) is 1. The summed E-state index contributed by atoms with van der Waals surface area (Å²) in [6.07, 6.45) is 3.80. The second-order valence-corrected chi connectivity index (χ2v) is 10.1. The Kier molecular flexibility index (Phi) is 9.99. The predicted octanol–water partition coefficient (Wildman–Crippen LogP) is 3.09. The molecule has 0 spiro atoms. The molecule has 2 rings (SSSR count). The van der Waals surface area contributed by atoms with Crippen LogP contribution in [-0.4, -0.2) is 55.8 Å².